The van der Waals surface area contributed by atoms with Crippen LogP contribution in [0.3, 0.4) is 0 Å². The highest BCUT2D eigenvalue weighted by atomic mass is 16.5. The lowest BCUT2D eigenvalue weighted by atomic mass is 10.0. The summed E-state index contributed by atoms with van der Waals surface area (Å²) in [5, 5.41) is 16.0. The third-order valence-electron chi connectivity index (χ3n) is 3.62. The molecule has 0 saturated carbocycles. The Morgan fingerprint density at radius 1 is 1.33 bits per heavy atom. The Morgan fingerprint density at radius 2 is 2.04 bits per heavy atom. The van der Waals surface area contributed by atoms with Crippen molar-refractivity contribution in [1.29, 1.82) is 0 Å². The van der Waals surface area contributed by atoms with E-state index in [-0.39, 0.29) is 18.9 Å². The van der Waals surface area contributed by atoms with Gasteiger partial charge in [0.2, 0.25) is 5.91 Å². The molecule has 24 heavy (non-hydrogen) atoms. The molecular formula is C17H21N3O4. The van der Waals surface area contributed by atoms with Gasteiger partial charge in [-0.1, -0.05) is 18.2 Å². The predicted octanol–water partition coefficient (Wildman–Crippen LogP) is 1.41. The Kier molecular flexibility index (Phi) is 5.70. The number of carbonyl (C=O) groups is 2. The van der Waals surface area contributed by atoms with Crippen LogP contribution in [0.5, 0.6) is 0 Å². The molecule has 1 atom stereocenters. The molecule has 0 spiro atoms. The Morgan fingerprint density at radius 3 is 2.67 bits per heavy atom. The number of carboxylic acids is 1. The van der Waals surface area contributed by atoms with Crippen molar-refractivity contribution in [2.24, 2.45) is 0 Å². The van der Waals surface area contributed by atoms with Crippen LogP contribution in [-0.2, 0) is 20.7 Å². The minimum Gasteiger partial charge on any atom is -0.479 e. The molecule has 0 aliphatic rings. The van der Waals surface area contributed by atoms with Crippen LogP contribution in [0.4, 0.5) is 0 Å². The van der Waals surface area contributed by atoms with E-state index in [1.807, 2.05) is 36.5 Å². The first-order valence-corrected chi connectivity index (χ1v) is 7.57. The molecule has 7 heteroatoms. The van der Waals surface area contributed by atoms with E-state index < -0.39 is 11.5 Å². The number of rotatable bonds is 8. The predicted molar refractivity (Wildman–Crippen MR) is 87.9 cm³/mol. The summed E-state index contributed by atoms with van der Waals surface area (Å²) in [7, 11) is 1.39. The maximum atomic E-state index is 12.0. The lowest BCUT2D eigenvalue weighted by Gasteiger charge is -2.25. The van der Waals surface area contributed by atoms with Gasteiger partial charge in [0.25, 0.3) is 0 Å². The number of benzene rings is 1. The largest absolute Gasteiger partial charge is 0.479 e. The van der Waals surface area contributed by atoms with Gasteiger partial charge in [-0.05, 0) is 31.0 Å². The average molecular weight is 331 g/mol. The second-order valence-corrected chi connectivity index (χ2v) is 5.75. The molecule has 2 N–H and O–H groups in total. The quantitative estimate of drug-likeness (QED) is 0.763. The topological polar surface area (TPSA) is 93.5 Å². The van der Waals surface area contributed by atoms with Gasteiger partial charge >= 0.3 is 5.97 Å². The van der Waals surface area contributed by atoms with Crippen molar-refractivity contribution in [1.82, 2.24) is 15.1 Å². The zero-order chi connectivity index (χ0) is 17.6. The van der Waals surface area contributed by atoms with Gasteiger partial charge in [-0.25, -0.2) is 9.48 Å². The van der Waals surface area contributed by atoms with Gasteiger partial charge in [0.05, 0.1) is 18.5 Å². The summed E-state index contributed by atoms with van der Waals surface area (Å²) < 4.78 is 6.61. The summed E-state index contributed by atoms with van der Waals surface area (Å²) in [6.45, 7) is 1.32. The normalized spacial score (nSPS) is 13.2. The maximum Gasteiger partial charge on any atom is 0.331 e. The van der Waals surface area contributed by atoms with E-state index in [2.05, 4.69) is 10.4 Å². The average Bonchev–Trinajstić information content (AvgIpc) is 3.03. The number of carboxylic acid groups (broad SMARTS) is 1. The highest BCUT2D eigenvalue weighted by molar-refractivity contribution is 5.86. The van der Waals surface area contributed by atoms with Gasteiger partial charge in [-0.2, -0.15) is 5.10 Å². The number of aliphatic carboxylic acids is 1. The Bertz CT molecular complexity index is 699. The summed E-state index contributed by atoms with van der Waals surface area (Å²) in [6, 6.07) is 9.65. The molecule has 1 aromatic carbocycles. The molecule has 0 aliphatic carbocycles. The number of nitrogens with zero attached hydrogens (tertiary/aromatic N) is 2. The highest BCUT2D eigenvalue weighted by Gasteiger charge is 2.34. The first-order valence-electron chi connectivity index (χ1n) is 7.57. The number of hydrogen-bond acceptors (Lipinski definition) is 4. The van der Waals surface area contributed by atoms with Gasteiger partial charge in [-0.15, -0.1) is 0 Å². The van der Waals surface area contributed by atoms with Crippen molar-refractivity contribution < 1.29 is 19.4 Å². The van der Waals surface area contributed by atoms with Crippen LogP contribution in [0.15, 0.2) is 42.7 Å². The molecule has 0 aliphatic heterocycles. The van der Waals surface area contributed by atoms with E-state index >= 15 is 0 Å². The van der Waals surface area contributed by atoms with Crippen molar-refractivity contribution in [3.8, 4) is 5.69 Å². The number of ether oxygens (including phenoxy) is 1. The molecule has 2 rings (SSSR count). The monoisotopic (exact) mass is 331 g/mol. The minimum absolute atomic E-state index is 0.0972. The molecule has 2 aromatic rings. The van der Waals surface area contributed by atoms with E-state index in [0.29, 0.717) is 6.42 Å². The Labute approximate surface area is 140 Å². The Hall–Kier alpha value is -2.67. The van der Waals surface area contributed by atoms with E-state index in [4.69, 9.17) is 4.74 Å². The van der Waals surface area contributed by atoms with Crippen molar-refractivity contribution in [3.05, 3.63) is 48.3 Å². The number of amides is 1. The van der Waals surface area contributed by atoms with Gasteiger partial charge in [0.1, 0.15) is 0 Å². The third-order valence-corrected chi connectivity index (χ3v) is 3.62. The number of nitrogens with one attached hydrogen (secondary N) is 1. The summed E-state index contributed by atoms with van der Waals surface area (Å²) in [5.74, 6) is -1.47. The third kappa shape index (κ3) is 4.42. The zero-order valence-corrected chi connectivity index (χ0v) is 13.7. The lowest BCUT2D eigenvalue weighted by molar-refractivity contribution is -0.149. The van der Waals surface area contributed by atoms with Crippen LogP contribution >= 0.6 is 0 Å². The van der Waals surface area contributed by atoms with Crippen molar-refractivity contribution in [2.75, 3.05) is 13.7 Å². The molecule has 7 nitrogen and oxygen atoms in total. The van der Waals surface area contributed by atoms with Gasteiger partial charge in [0, 0.05) is 19.7 Å². The number of carbonyl (C=O) groups excluding carboxylic acids is 1. The second-order valence-electron chi connectivity index (χ2n) is 5.75. The van der Waals surface area contributed by atoms with Crippen LogP contribution in [0, 0.1) is 0 Å². The number of para-hydroxylation sites is 1. The highest BCUT2D eigenvalue weighted by Crippen LogP contribution is 2.10. The van der Waals surface area contributed by atoms with E-state index in [1.165, 1.54) is 14.0 Å². The summed E-state index contributed by atoms with van der Waals surface area (Å²) in [5.41, 5.74) is 0.407. The molecule has 1 unspecified atom stereocenters. The molecule has 1 heterocycles. The maximum absolute atomic E-state index is 12.0. The summed E-state index contributed by atoms with van der Waals surface area (Å²) >= 11 is 0. The molecule has 1 amide bonds. The van der Waals surface area contributed by atoms with E-state index in [1.54, 1.807) is 10.9 Å². The van der Waals surface area contributed by atoms with Crippen LogP contribution in [0.2, 0.25) is 0 Å². The van der Waals surface area contributed by atoms with Crippen molar-refractivity contribution in [2.45, 2.75) is 25.3 Å². The zero-order valence-electron chi connectivity index (χ0n) is 13.7. The molecule has 128 valence electrons. The number of aryl methyl sites for hydroxylation is 1. The van der Waals surface area contributed by atoms with Gasteiger partial charge in [-0.3, -0.25) is 4.79 Å². The molecule has 0 fully saturated rings. The minimum atomic E-state index is -1.43. The second kappa shape index (κ2) is 7.74. The fraction of sp³-hybridized carbons (Fsp3) is 0.353. The molecule has 0 bridgehead atoms. The molecular weight excluding hydrogens is 310 g/mol. The molecule has 0 radical (unpaired) electrons. The fourth-order valence-electron chi connectivity index (χ4n) is 2.28. The van der Waals surface area contributed by atoms with Crippen molar-refractivity contribution in [3.63, 3.8) is 0 Å². The Balaban J connectivity index is 1.93. The number of aromatic nitrogens is 2. The van der Waals surface area contributed by atoms with Crippen LogP contribution in [0.25, 0.3) is 5.69 Å². The standard InChI is InChI=1S/C17H21N3O4/c1-17(12-24-2,16(22)23)19-15(21)9-8-13-10-18-20(11-13)14-6-4-3-5-7-14/h3-7,10-11H,8-9,12H2,1-2H3,(H,19,21)(H,22,23). The fourth-order valence-corrected chi connectivity index (χ4v) is 2.28. The molecule has 1 aromatic heterocycles. The summed E-state index contributed by atoms with van der Waals surface area (Å²) in [4.78, 5) is 23.3. The van der Waals surface area contributed by atoms with Gasteiger partial charge in [0.15, 0.2) is 5.54 Å². The van der Waals surface area contributed by atoms with E-state index in [0.717, 1.165) is 11.3 Å². The van der Waals surface area contributed by atoms with Gasteiger partial charge < -0.3 is 15.2 Å². The smallest absolute Gasteiger partial charge is 0.331 e. The van der Waals surface area contributed by atoms with Crippen LogP contribution in [0.1, 0.15) is 18.9 Å². The number of hydrogen-bond donors (Lipinski definition) is 2. The van der Waals surface area contributed by atoms with Crippen LogP contribution in [-0.4, -0.2) is 46.0 Å². The molecule has 0 saturated heterocycles. The van der Waals surface area contributed by atoms with Crippen LogP contribution < -0.4 is 5.32 Å². The first kappa shape index (κ1) is 17.7. The lowest BCUT2D eigenvalue weighted by Crippen LogP contribution is -2.55. The van der Waals surface area contributed by atoms with Crippen molar-refractivity contribution >= 4 is 11.9 Å². The first-order chi connectivity index (χ1) is 11.4. The summed E-state index contributed by atoms with van der Waals surface area (Å²) in [6.07, 6.45) is 4.20. The van der Waals surface area contributed by atoms with E-state index in [9.17, 15) is 14.7 Å². The number of methoxy groups -OCH3 is 1. The SMILES string of the molecule is COCC(C)(NC(=O)CCc1cnn(-c2ccccc2)c1)C(=O)O.